The van der Waals surface area contributed by atoms with E-state index in [1.165, 1.54) is 0 Å². The maximum absolute atomic E-state index is 10.9. The van der Waals surface area contributed by atoms with Crippen molar-refractivity contribution in [3.05, 3.63) is 48.2 Å². The predicted octanol–water partition coefficient (Wildman–Crippen LogP) is 4.96. The van der Waals surface area contributed by atoms with E-state index >= 15 is 0 Å². The summed E-state index contributed by atoms with van der Waals surface area (Å²) in [4.78, 5) is -0.323. The van der Waals surface area contributed by atoms with Gasteiger partial charge in [0.05, 0.1) is 4.83 Å². The molecule has 0 saturated carbocycles. The molecule has 0 fully saturated rings. The molecule has 2 aromatic carbocycles. The molecular formula is C20H24BrNO5SSi. The fourth-order valence-electron chi connectivity index (χ4n) is 2.98. The lowest BCUT2D eigenvalue weighted by Gasteiger charge is -2.20. The maximum atomic E-state index is 10.9. The Morgan fingerprint density at radius 3 is 2.52 bits per heavy atom. The van der Waals surface area contributed by atoms with Crippen molar-refractivity contribution in [2.24, 2.45) is 0 Å². The quantitative estimate of drug-likeness (QED) is 0.232. The van der Waals surface area contributed by atoms with Crippen LogP contribution in [0, 0.1) is 0 Å². The number of rotatable bonds is 8. The number of nitrogens with one attached hydrogen (secondary N) is 1. The van der Waals surface area contributed by atoms with Crippen molar-refractivity contribution in [1.82, 2.24) is 4.72 Å². The topological polar surface area (TPSA) is 88.8 Å². The van der Waals surface area contributed by atoms with E-state index in [0.717, 1.165) is 16.3 Å². The molecule has 1 unspecified atom stereocenters. The second-order valence-corrected chi connectivity index (χ2v) is 14.0. The Hall–Kier alpha value is -1.81. The van der Waals surface area contributed by atoms with Crippen molar-refractivity contribution in [2.75, 3.05) is 6.54 Å². The van der Waals surface area contributed by atoms with Crippen LogP contribution in [0.15, 0.2) is 46.9 Å². The van der Waals surface area contributed by atoms with Crippen molar-refractivity contribution < 1.29 is 22.4 Å². The largest absolute Gasteiger partial charge is 0.539 e. The van der Waals surface area contributed by atoms with Crippen LogP contribution in [0.4, 0.5) is 0 Å². The van der Waals surface area contributed by atoms with Gasteiger partial charge in [0.15, 0.2) is 17.3 Å². The Morgan fingerprint density at radius 2 is 1.86 bits per heavy atom. The number of hydrogen-bond acceptors (Lipinski definition) is 5. The normalized spacial score (nSPS) is 13.1. The molecule has 0 aliphatic rings. The maximum Gasteiger partial charge on any atom is 0.242 e. The average molecular weight is 498 g/mol. The van der Waals surface area contributed by atoms with Gasteiger partial charge in [0.25, 0.3) is 0 Å². The van der Waals surface area contributed by atoms with Crippen LogP contribution in [0.3, 0.4) is 0 Å². The minimum atomic E-state index is -2.66. The molecule has 9 heteroatoms. The van der Waals surface area contributed by atoms with E-state index in [0.29, 0.717) is 23.7 Å². The Bertz CT molecular complexity index is 1080. The van der Waals surface area contributed by atoms with E-state index in [9.17, 15) is 13.5 Å². The number of alkyl halides is 1. The molecule has 0 amide bonds. The molecule has 0 aliphatic heterocycles. The Kier molecular flexibility index (Phi) is 6.72. The van der Waals surface area contributed by atoms with Gasteiger partial charge < -0.3 is 13.9 Å². The van der Waals surface area contributed by atoms with E-state index in [-0.39, 0.29) is 17.1 Å². The minimum Gasteiger partial charge on any atom is -0.539 e. The van der Waals surface area contributed by atoms with Crippen molar-refractivity contribution >= 4 is 45.9 Å². The fraction of sp³-hybridized carbons (Fsp3) is 0.300. The van der Waals surface area contributed by atoms with Gasteiger partial charge in [-0.25, -0.2) is 13.1 Å². The average Bonchev–Trinajstić information content (AvgIpc) is 2.96. The van der Waals surface area contributed by atoms with Gasteiger partial charge in [-0.1, -0.05) is 52.3 Å². The summed E-state index contributed by atoms with van der Waals surface area (Å²) in [6, 6.07) is 13.8. The third-order valence-electron chi connectivity index (χ3n) is 4.21. The zero-order chi connectivity index (χ0) is 21.2. The number of fused-ring (bicyclic) bond motifs is 1. The lowest BCUT2D eigenvalue weighted by molar-refractivity contribution is 0.438. The second kappa shape index (κ2) is 8.91. The molecule has 156 valence electrons. The highest BCUT2D eigenvalue weighted by Crippen LogP contribution is 2.49. The van der Waals surface area contributed by atoms with Crippen LogP contribution in [0.5, 0.6) is 11.5 Å². The van der Waals surface area contributed by atoms with E-state index < -0.39 is 19.2 Å². The Balaban J connectivity index is 2.02. The summed E-state index contributed by atoms with van der Waals surface area (Å²) >= 11 is 3.55. The second-order valence-electron chi connectivity index (χ2n) is 7.67. The van der Waals surface area contributed by atoms with Crippen LogP contribution in [-0.4, -0.2) is 28.4 Å². The SMILES string of the molecule is C[Si](C)(C)Oc1c(C(Br)CCN[SH](=O)=O)oc(-c2ccc3ccccc3c2)c1O. The van der Waals surface area contributed by atoms with Crippen molar-refractivity contribution in [3.8, 4) is 22.8 Å². The van der Waals surface area contributed by atoms with Crippen molar-refractivity contribution in [3.63, 3.8) is 0 Å². The van der Waals surface area contributed by atoms with E-state index in [1.54, 1.807) is 0 Å². The van der Waals surface area contributed by atoms with Gasteiger partial charge >= 0.3 is 0 Å². The number of halogens is 1. The van der Waals surface area contributed by atoms with Crippen LogP contribution in [-0.2, 0) is 10.9 Å². The number of aromatic hydroxyl groups is 1. The first-order valence-electron chi connectivity index (χ1n) is 9.21. The molecule has 2 N–H and O–H groups in total. The summed E-state index contributed by atoms with van der Waals surface area (Å²) in [5.41, 5.74) is 0.744. The van der Waals surface area contributed by atoms with Crippen molar-refractivity contribution in [2.45, 2.75) is 30.9 Å². The molecule has 0 spiro atoms. The van der Waals surface area contributed by atoms with Crippen LogP contribution in [0.25, 0.3) is 22.1 Å². The fourth-order valence-corrected chi connectivity index (χ4v) is 4.63. The standard InChI is InChI=1S/C20H24BrNO5SSi/c1-29(2,3)27-20-17(23)18(26-19(20)16(21)10-11-22-28(24)25)15-9-8-13-6-4-5-7-14(13)12-15/h4-9,12,16,23,28H,10-11H2,1-3H3,(H,22,24,25). The van der Waals surface area contributed by atoms with E-state index in [1.807, 2.05) is 62.1 Å². The molecule has 3 aromatic rings. The Morgan fingerprint density at radius 1 is 1.17 bits per heavy atom. The summed E-state index contributed by atoms with van der Waals surface area (Å²) in [6.45, 7) is 6.30. The predicted molar refractivity (Wildman–Crippen MR) is 122 cm³/mol. The smallest absolute Gasteiger partial charge is 0.242 e. The van der Waals surface area contributed by atoms with Gasteiger partial charge in [-0.05, 0) is 42.9 Å². The van der Waals surface area contributed by atoms with Crippen molar-refractivity contribution in [1.29, 1.82) is 0 Å². The summed E-state index contributed by atoms with van der Waals surface area (Å²) in [7, 11) is -4.70. The summed E-state index contributed by atoms with van der Waals surface area (Å²) in [5.74, 6) is 1.08. The van der Waals surface area contributed by atoms with Gasteiger partial charge in [0, 0.05) is 12.1 Å². The first-order valence-corrected chi connectivity index (χ1v) is 14.7. The summed E-state index contributed by atoms with van der Waals surface area (Å²) in [6.07, 6.45) is 0.440. The van der Waals surface area contributed by atoms with Gasteiger partial charge in [0.2, 0.25) is 25.0 Å². The molecule has 1 aromatic heterocycles. The van der Waals surface area contributed by atoms with Crippen LogP contribution in [0.2, 0.25) is 19.6 Å². The highest BCUT2D eigenvalue weighted by molar-refractivity contribution is 9.09. The molecule has 3 rings (SSSR count). The number of thiol groups is 1. The molecule has 1 atom stereocenters. The molecule has 0 aliphatic carbocycles. The molecule has 0 radical (unpaired) electrons. The van der Waals surface area contributed by atoms with Gasteiger partial charge in [-0.15, -0.1) is 0 Å². The van der Waals surface area contributed by atoms with Crippen LogP contribution < -0.4 is 9.15 Å². The molecule has 0 bridgehead atoms. The third kappa shape index (κ3) is 5.42. The first kappa shape index (κ1) is 21.9. The molecule has 0 saturated heterocycles. The van der Waals surface area contributed by atoms with Gasteiger partial charge in [-0.2, -0.15) is 0 Å². The lowest BCUT2D eigenvalue weighted by atomic mass is 10.1. The highest BCUT2D eigenvalue weighted by atomic mass is 79.9. The monoisotopic (exact) mass is 497 g/mol. The number of hydrogen-bond donors (Lipinski definition) is 3. The molecular weight excluding hydrogens is 474 g/mol. The van der Waals surface area contributed by atoms with Gasteiger partial charge in [0.1, 0.15) is 0 Å². The zero-order valence-corrected chi connectivity index (χ0v) is 19.9. The van der Waals surface area contributed by atoms with Crippen LogP contribution >= 0.6 is 15.9 Å². The molecule has 6 nitrogen and oxygen atoms in total. The van der Waals surface area contributed by atoms with Gasteiger partial charge in [-0.3, -0.25) is 0 Å². The Labute approximate surface area is 181 Å². The number of furan rings is 1. The van der Waals surface area contributed by atoms with E-state index in [2.05, 4.69) is 20.7 Å². The zero-order valence-electron chi connectivity index (χ0n) is 16.4. The summed E-state index contributed by atoms with van der Waals surface area (Å²) < 4.78 is 36.1. The third-order valence-corrected chi connectivity index (χ3v) is 6.38. The minimum absolute atomic E-state index is 0.0370. The lowest BCUT2D eigenvalue weighted by Crippen LogP contribution is -2.29. The molecule has 1 heterocycles. The first-order chi connectivity index (χ1) is 13.7. The number of benzene rings is 2. The molecule has 29 heavy (non-hydrogen) atoms. The van der Waals surface area contributed by atoms with E-state index in [4.69, 9.17) is 8.84 Å². The van der Waals surface area contributed by atoms with Crippen LogP contribution in [0.1, 0.15) is 17.0 Å². The highest BCUT2D eigenvalue weighted by Gasteiger charge is 2.30. The summed E-state index contributed by atoms with van der Waals surface area (Å²) in [5, 5.41) is 13.1.